The van der Waals surface area contributed by atoms with Gasteiger partial charge in [0.05, 0.1) is 5.56 Å². The number of carbonyl (C=O) groups is 1. The van der Waals surface area contributed by atoms with Gasteiger partial charge in [0, 0.05) is 11.6 Å². The van der Waals surface area contributed by atoms with Gasteiger partial charge in [-0.1, -0.05) is 11.6 Å². The summed E-state index contributed by atoms with van der Waals surface area (Å²) >= 11 is 8.22. The molecule has 3 N–H and O–H groups in total. The molecule has 0 unspecified atom stereocenters. The molecule has 0 saturated carbocycles. The Morgan fingerprint density at radius 1 is 1.38 bits per heavy atom. The standard InChI is InChI=1S/C10H7ClN4O3S3/c11-6-9(15-2-4-20-10(15)13-6)21(17,18)14-8-5(7(12)16)1-3-19-8/h1-4,14H,(H2,12,16). The molecular formula is C10H7ClN4O3S3. The minimum atomic E-state index is -4.00. The van der Waals surface area contributed by atoms with Gasteiger partial charge < -0.3 is 5.73 Å². The molecular weight excluding hydrogens is 356 g/mol. The summed E-state index contributed by atoms with van der Waals surface area (Å²) in [6.45, 7) is 0. The van der Waals surface area contributed by atoms with Crippen molar-refractivity contribution >= 4 is 60.2 Å². The third-order valence-electron chi connectivity index (χ3n) is 2.59. The molecule has 110 valence electrons. The largest absolute Gasteiger partial charge is 0.366 e. The number of fused-ring (bicyclic) bond motifs is 1. The van der Waals surface area contributed by atoms with Gasteiger partial charge in [0.25, 0.3) is 15.9 Å². The van der Waals surface area contributed by atoms with Crippen molar-refractivity contribution < 1.29 is 13.2 Å². The summed E-state index contributed by atoms with van der Waals surface area (Å²) < 4.78 is 28.6. The van der Waals surface area contributed by atoms with Crippen molar-refractivity contribution in [2.75, 3.05) is 4.72 Å². The van der Waals surface area contributed by atoms with Gasteiger partial charge in [0.1, 0.15) is 5.00 Å². The van der Waals surface area contributed by atoms with E-state index < -0.39 is 15.9 Å². The number of carbonyl (C=O) groups excluding carboxylic acids is 1. The normalized spacial score (nSPS) is 11.9. The second-order valence-electron chi connectivity index (χ2n) is 3.90. The highest BCUT2D eigenvalue weighted by molar-refractivity contribution is 7.93. The molecule has 1 amide bonds. The van der Waals surface area contributed by atoms with Crippen LogP contribution in [-0.2, 0) is 10.0 Å². The van der Waals surface area contributed by atoms with Gasteiger partial charge in [-0.3, -0.25) is 13.9 Å². The number of thiophene rings is 1. The van der Waals surface area contributed by atoms with Gasteiger partial charge in [0.15, 0.2) is 15.1 Å². The summed E-state index contributed by atoms with van der Waals surface area (Å²) in [4.78, 5) is 15.7. The van der Waals surface area contributed by atoms with Crippen LogP contribution in [0.4, 0.5) is 5.00 Å². The molecule has 0 spiro atoms. The molecule has 0 aromatic carbocycles. The van der Waals surface area contributed by atoms with Crippen LogP contribution in [-0.4, -0.2) is 23.7 Å². The van der Waals surface area contributed by atoms with E-state index >= 15 is 0 Å². The Kier molecular flexibility index (Phi) is 3.40. The maximum absolute atomic E-state index is 12.5. The zero-order valence-electron chi connectivity index (χ0n) is 10.1. The molecule has 0 saturated heterocycles. The van der Waals surface area contributed by atoms with E-state index in [-0.39, 0.29) is 20.7 Å². The summed E-state index contributed by atoms with van der Waals surface area (Å²) in [5, 5.41) is 3.09. The van der Waals surface area contributed by atoms with Crippen molar-refractivity contribution in [2.24, 2.45) is 5.73 Å². The van der Waals surface area contributed by atoms with Crippen LogP contribution >= 0.6 is 34.3 Å². The molecule has 3 aromatic rings. The van der Waals surface area contributed by atoms with Crippen molar-refractivity contribution in [2.45, 2.75) is 5.03 Å². The first kappa shape index (κ1) is 14.3. The highest BCUT2D eigenvalue weighted by Crippen LogP contribution is 2.30. The molecule has 7 nitrogen and oxygen atoms in total. The first-order chi connectivity index (χ1) is 9.90. The minimum absolute atomic E-state index is 0.103. The number of nitrogens with zero attached hydrogens (tertiary/aromatic N) is 2. The third kappa shape index (κ3) is 2.39. The predicted octanol–water partition coefficient (Wildman–Crippen LogP) is 2.01. The van der Waals surface area contributed by atoms with Gasteiger partial charge in [-0.15, -0.1) is 22.7 Å². The van der Waals surface area contributed by atoms with E-state index in [2.05, 4.69) is 9.71 Å². The second-order valence-corrected chi connectivity index (χ2v) is 7.64. The van der Waals surface area contributed by atoms with Crippen LogP contribution in [0.1, 0.15) is 10.4 Å². The van der Waals surface area contributed by atoms with Gasteiger partial charge in [-0.25, -0.2) is 4.98 Å². The molecule has 21 heavy (non-hydrogen) atoms. The molecule has 3 heterocycles. The van der Waals surface area contributed by atoms with E-state index in [9.17, 15) is 13.2 Å². The maximum atomic E-state index is 12.5. The number of primary amides is 1. The molecule has 0 aliphatic carbocycles. The predicted molar refractivity (Wildman–Crippen MR) is 81.7 cm³/mol. The fraction of sp³-hybridized carbons (Fsp3) is 0. The molecule has 0 atom stereocenters. The number of aromatic nitrogens is 2. The van der Waals surface area contributed by atoms with Crippen LogP contribution in [0.3, 0.4) is 0 Å². The van der Waals surface area contributed by atoms with Gasteiger partial charge in [-0.05, 0) is 11.4 Å². The number of imidazole rings is 1. The van der Waals surface area contributed by atoms with Crippen molar-refractivity contribution in [3.05, 3.63) is 33.7 Å². The first-order valence-electron chi connectivity index (χ1n) is 5.41. The Bertz CT molecular complexity index is 940. The van der Waals surface area contributed by atoms with Crippen LogP contribution in [0.5, 0.6) is 0 Å². The molecule has 0 bridgehead atoms. The average molecular weight is 363 g/mol. The van der Waals surface area contributed by atoms with Crippen LogP contribution in [0, 0.1) is 0 Å². The lowest BCUT2D eigenvalue weighted by molar-refractivity contribution is 0.100. The van der Waals surface area contributed by atoms with Crippen molar-refractivity contribution in [3.63, 3.8) is 0 Å². The molecule has 0 fully saturated rings. The molecule has 0 radical (unpaired) electrons. The van der Waals surface area contributed by atoms with Crippen LogP contribution in [0.25, 0.3) is 4.96 Å². The monoisotopic (exact) mass is 362 g/mol. The second kappa shape index (κ2) is 4.98. The summed E-state index contributed by atoms with van der Waals surface area (Å²) in [6.07, 6.45) is 1.55. The van der Waals surface area contributed by atoms with Crippen LogP contribution in [0.2, 0.25) is 5.15 Å². The van der Waals surface area contributed by atoms with E-state index in [1.54, 1.807) is 17.0 Å². The topological polar surface area (TPSA) is 107 Å². The van der Waals surface area contributed by atoms with E-state index in [1.807, 2.05) is 0 Å². The number of sulfonamides is 1. The summed E-state index contributed by atoms with van der Waals surface area (Å²) in [6, 6.07) is 1.45. The number of hydrogen-bond acceptors (Lipinski definition) is 6. The highest BCUT2D eigenvalue weighted by Gasteiger charge is 2.26. The number of amides is 1. The van der Waals surface area contributed by atoms with Crippen LogP contribution in [0.15, 0.2) is 28.0 Å². The minimum Gasteiger partial charge on any atom is -0.366 e. The summed E-state index contributed by atoms with van der Waals surface area (Å²) in [5.41, 5.74) is 5.29. The number of rotatable bonds is 4. The van der Waals surface area contributed by atoms with Gasteiger partial charge in [0.2, 0.25) is 0 Å². The Labute approximate surface area is 132 Å². The maximum Gasteiger partial charge on any atom is 0.281 e. The number of halogens is 1. The number of nitrogens with one attached hydrogen (secondary N) is 1. The molecule has 0 aliphatic heterocycles. The Balaban J connectivity index is 2.09. The molecule has 0 aliphatic rings. The number of hydrogen-bond donors (Lipinski definition) is 2. The zero-order chi connectivity index (χ0) is 15.2. The van der Waals surface area contributed by atoms with E-state index in [4.69, 9.17) is 17.3 Å². The number of thiazole rings is 1. The summed E-state index contributed by atoms with van der Waals surface area (Å²) in [5.74, 6) is -0.714. The van der Waals surface area contributed by atoms with Gasteiger partial charge >= 0.3 is 0 Å². The van der Waals surface area contributed by atoms with E-state index in [0.717, 1.165) is 11.3 Å². The average Bonchev–Trinajstić information content (AvgIpc) is 3.02. The Hall–Kier alpha value is -1.62. The summed E-state index contributed by atoms with van der Waals surface area (Å²) in [7, 11) is -4.00. The SMILES string of the molecule is NC(=O)c1ccsc1NS(=O)(=O)c1c(Cl)nc2sccn12. The highest BCUT2D eigenvalue weighted by atomic mass is 35.5. The molecule has 11 heteroatoms. The molecule has 3 rings (SSSR count). The van der Waals surface area contributed by atoms with Crippen LogP contribution < -0.4 is 10.5 Å². The lowest BCUT2D eigenvalue weighted by Gasteiger charge is -2.06. The zero-order valence-corrected chi connectivity index (χ0v) is 13.3. The third-order valence-corrected chi connectivity index (χ3v) is 6.05. The first-order valence-corrected chi connectivity index (χ1v) is 9.03. The quantitative estimate of drug-likeness (QED) is 0.740. The number of anilines is 1. The lowest BCUT2D eigenvalue weighted by atomic mass is 10.3. The Morgan fingerprint density at radius 2 is 2.14 bits per heavy atom. The van der Waals surface area contributed by atoms with Crippen molar-refractivity contribution in [1.29, 1.82) is 0 Å². The molecule has 3 aromatic heterocycles. The lowest BCUT2D eigenvalue weighted by Crippen LogP contribution is -2.18. The fourth-order valence-corrected chi connectivity index (χ4v) is 5.31. The van der Waals surface area contributed by atoms with E-state index in [1.165, 1.54) is 21.8 Å². The van der Waals surface area contributed by atoms with Gasteiger partial charge in [-0.2, -0.15) is 8.42 Å². The van der Waals surface area contributed by atoms with E-state index in [0.29, 0.717) is 4.96 Å². The van der Waals surface area contributed by atoms with Crippen molar-refractivity contribution in [1.82, 2.24) is 9.38 Å². The van der Waals surface area contributed by atoms with Crippen molar-refractivity contribution in [3.8, 4) is 0 Å². The smallest absolute Gasteiger partial charge is 0.281 e. The fourth-order valence-electron chi connectivity index (χ4n) is 1.73. The number of nitrogens with two attached hydrogens (primary N) is 1. The Morgan fingerprint density at radius 3 is 2.86 bits per heavy atom.